The molecule has 88 valence electrons. The molecule has 2 nitrogen and oxygen atoms in total. The second-order valence-electron chi connectivity index (χ2n) is 4.60. The summed E-state index contributed by atoms with van der Waals surface area (Å²) in [6.45, 7) is 0. The molecule has 0 aromatic heterocycles. The van der Waals surface area contributed by atoms with E-state index in [1.54, 1.807) is 24.3 Å². The van der Waals surface area contributed by atoms with Crippen LogP contribution in [0.5, 0.6) is 0 Å². The topological polar surface area (TPSA) is 34.1 Å². The number of Topliss-reactive ketones (excluding diaryl/α,β-unsaturated/α-hetero) is 2. The zero-order valence-corrected chi connectivity index (χ0v) is 9.85. The molecule has 0 spiro atoms. The SMILES string of the molecule is O=C1Cc2ccc(cc2)CC(=O)c2cccc1c2. The van der Waals surface area contributed by atoms with E-state index in [1.807, 2.05) is 24.3 Å². The number of benzene rings is 2. The van der Waals surface area contributed by atoms with Gasteiger partial charge in [0, 0.05) is 24.0 Å². The molecule has 0 amide bonds. The normalized spacial score (nSPS) is 14.4. The van der Waals surface area contributed by atoms with Gasteiger partial charge in [0.1, 0.15) is 0 Å². The van der Waals surface area contributed by atoms with Crippen LogP contribution in [0.2, 0.25) is 0 Å². The van der Waals surface area contributed by atoms with Crippen molar-refractivity contribution in [1.29, 1.82) is 0 Å². The quantitative estimate of drug-likeness (QED) is 0.704. The summed E-state index contributed by atoms with van der Waals surface area (Å²) in [6, 6.07) is 14.7. The minimum atomic E-state index is 0.0549. The molecule has 2 aliphatic carbocycles. The summed E-state index contributed by atoms with van der Waals surface area (Å²) in [5.74, 6) is 0.110. The smallest absolute Gasteiger partial charge is 0.167 e. The van der Waals surface area contributed by atoms with Gasteiger partial charge < -0.3 is 0 Å². The molecule has 4 rings (SSSR count). The molecular formula is C16H12O2. The van der Waals surface area contributed by atoms with Crippen molar-refractivity contribution < 1.29 is 9.59 Å². The third-order valence-electron chi connectivity index (χ3n) is 3.26. The largest absolute Gasteiger partial charge is 0.294 e. The molecule has 0 unspecified atom stereocenters. The predicted octanol–water partition coefficient (Wildman–Crippen LogP) is 2.85. The maximum atomic E-state index is 12.1. The highest BCUT2D eigenvalue weighted by Crippen LogP contribution is 2.16. The van der Waals surface area contributed by atoms with Crippen LogP contribution >= 0.6 is 0 Å². The molecule has 2 aromatic carbocycles. The number of hydrogen-bond donors (Lipinski definition) is 0. The fourth-order valence-electron chi connectivity index (χ4n) is 2.22. The molecule has 2 heteroatoms. The second kappa shape index (κ2) is 4.22. The minimum Gasteiger partial charge on any atom is -0.294 e. The standard InChI is InChI=1S/C16H12O2/c17-15-8-11-4-6-12(7-5-11)9-16(18)14-3-1-2-13(15)10-14/h1-7,10H,8-9H2. The fraction of sp³-hybridized carbons (Fsp3) is 0.125. The highest BCUT2D eigenvalue weighted by atomic mass is 16.1. The van der Waals surface area contributed by atoms with E-state index in [2.05, 4.69) is 0 Å². The van der Waals surface area contributed by atoms with Crippen molar-refractivity contribution >= 4 is 11.6 Å². The van der Waals surface area contributed by atoms with Crippen LogP contribution in [0.15, 0.2) is 48.5 Å². The lowest BCUT2D eigenvalue weighted by Gasteiger charge is -2.02. The van der Waals surface area contributed by atoms with Gasteiger partial charge in [-0.3, -0.25) is 9.59 Å². The Balaban J connectivity index is 2.15. The van der Waals surface area contributed by atoms with Gasteiger partial charge in [0.2, 0.25) is 0 Å². The molecular weight excluding hydrogens is 224 g/mol. The van der Waals surface area contributed by atoms with Crippen molar-refractivity contribution in [3.05, 3.63) is 70.8 Å². The van der Waals surface area contributed by atoms with E-state index in [1.165, 1.54) is 0 Å². The van der Waals surface area contributed by atoms with Gasteiger partial charge in [0.15, 0.2) is 11.6 Å². The molecule has 0 saturated carbocycles. The van der Waals surface area contributed by atoms with Crippen LogP contribution in [0.3, 0.4) is 0 Å². The second-order valence-corrected chi connectivity index (χ2v) is 4.60. The number of hydrogen-bond acceptors (Lipinski definition) is 2. The predicted molar refractivity (Wildman–Crippen MR) is 69.0 cm³/mol. The van der Waals surface area contributed by atoms with Gasteiger partial charge in [-0.25, -0.2) is 0 Å². The molecule has 0 atom stereocenters. The monoisotopic (exact) mass is 236 g/mol. The molecule has 0 heterocycles. The van der Waals surface area contributed by atoms with E-state index >= 15 is 0 Å². The Hall–Kier alpha value is -2.22. The minimum absolute atomic E-state index is 0.0549. The lowest BCUT2D eigenvalue weighted by Crippen LogP contribution is -2.05. The maximum Gasteiger partial charge on any atom is 0.167 e. The van der Waals surface area contributed by atoms with E-state index < -0.39 is 0 Å². The molecule has 0 saturated heterocycles. The third kappa shape index (κ3) is 1.97. The number of carbonyl (C=O) groups is 2. The van der Waals surface area contributed by atoms with Crippen LogP contribution in [-0.2, 0) is 12.8 Å². The van der Waals surface area contributed by atoms with Crippen LogP contribution in [0.4, 0.5) is 0 Å². The number of fused-ring (bicyclic) bond motifs is 4. The molecule has 18 heavy (non-hydrogen) atoms. The van der Waals surface area contributed by atoms with E-state index in [0.717, 1.165) is 11.1 Å². The van der Waals surface area contributed by atoms with E-state index in [4.69, 9.17) is 0 Å². The summed E-state index contributed by atoms with van der Waals surface area (Å²) in [5.41, 5.74) is 3.21. The van der Waals surface area contributed by atoms with Crippen LogP contribution < -0.4 is 0 Å². The summed E-state index contributed by atoms with van der Waals surface area (Å²) in [7, 11) is 0. The van der Waals surface area contributed by atoms with Crippen molar-refractivity contribution in [2.24, 2.45) is 0 Å². The van der Waals surface area contributed by atoms with Gasteiger partial charge in [0.05, 0.1) is 0 Å². The molecule has 0 fully saturated rings. The van der Waals surface area contributed by atoms with Crippen molar-refractivity contribution in [3.8, 4) is 0 Å². The Morgan fingerprint density at radius 3 is 1.56 bits per heavy atom. The number of ketones is 2. The van der Waals surface area contributed by atoms with Crippen LogP contribution in [0, 0.1) is 0 Å². The van der Waals surface area contributed by atoms with Crippen molar-refractivity contribution in [2.45, 2.75) is 12.8 Å². The van der Waals surface area contributed by atoms with Crippen molar-refractivity contribution in [2.75, 3.05) is 0 Å². The average Bonchev–Trinajstić information content (AvgIpc) is 2.42. The van der Waals surface area contributed by atoms with Crippen molar-refractivity contribution in [3.63, 3.8) is 0 Å². The number of rotatable bonds is 0. The first-order valence-electron chi connectivity index (χ1n) is 5.97. The fourth-order valence-corrected chi connectivity index (χ4v) is 2.22. The molecule has 0 N–H and O–H groups in total. The Bertz CT molecular complexity index is 572. The highest BCUT2D eigenvalue weighted by molar-refractivity contribution is 6.02. The zero-order chi connectivity index (χ0) is 12.5. The van der Waals surface area contributed by atoms with Gasteiger partial charge in [-0.1, -0.05) is 42.5 Å². The third-order valence-corrected chi connectivity index (χ3v) is 3.26. The van der Waals surface area contributed by atoms with Gasteiger partial charge in [-0.15, -0.1) is 0 Å². The lowest BCUT2D eigenvalue weighted by atomic mass is 10.0. The van der Waals surface area contributed by atoms with E-state index in [0.29, 0.717) is 24.0 Å². The van der Waals surface area contributed by atoms with E-state index in [9.17, 15) is 9.59 Å². The Kier molecular flexibility index (Phi) is 2.56. The maximum absolute atomic E-state index is 12.1. The molecule has 0 aliphatic heterocycles. The van der Waals surface area contributed by atoms with Crippen LogP contribution in [-0.4, -0.2) is 11.6 Å². The van der Waals surface area contributed by atoms with Crippen LogP contribution in [0.25, 0.3) is 0 Å². The Labute approximate surface area is 105 Å². The van der Waals surface area contributed by atoms with Gasteiger partial charge >= 0.3 is 0 Å². The van der Waals surface area contributed by atoms with Crippen molar-refractivity contribution in [1.82, 2.24) is 0 Å². The van der Waals surface area contributed by atoms with E-state index in [-0.39, 0.29) is 11.6 Å². The summed E-state index contributed by atoms with van der Waals surface area (Å²) >= 11 is 0. The Morgan fingerprint density at radius 1 is 0.667 bits per heavy atom. The first kappa shape index (κ1) is 10.9. The summed E-state index contributed by atoms with van der Waals surface area (Å²) in [5, 5.41) is 0. The molecule has 2 aromatic rings. The average molecular weight is 236 g/mol. The first-order chi connectivity index (χ1) is 8.72. The first-order valence-corrected chi connectivity index (χ1v) is 5.97. The lowest BCUT2D eigenvalue weighted by molar-refractivity contribution is 0.0991. The summed E-state index contributed by atoms with van der Waals surface area (Å²) in [4.78, 5) is 24.2. The zero-order valence-electron chi connectivity index (χ0n) is 9.85. The van der Waals surface area contributed by atoms with Gasteiger partial charge in [-0.2, -0.15) is 0 Å². The van der Waals surface area contributed by atoms with Gasteiger partial charge in [0.25, 0.3) is 0 Å². The Morgan fingerprint density at radius 2 is 1.11 bits per heavy atom. The molecule has 4 bridgehead atoms. The van der Waals surface area contributed by atoms with Crippen LogP contribution in [0.1, 0.15) is 31.8 Å². The summed E-state index contributed by atoms with van der Waals surface area (Å²) < 4.78 is 0. The summed E-state index contributed by atoms with van der Waals surface area (Å²) in [6.07, 6.45) is 0.774. The number of carbonyl (C=O) groups excluding carboxylic acids is 2. The molecule has 2 aliphatic rings. The highest BCUT2D eigenvalue weighted by Gasteiger charge is 2.13. The van der Waals surface area contributed by atoms with Gasteiger partial charge in [-0.05, 0) is 17.2 Å². The molecule has 0 radical (unpaired) electrons.